The van der Waals surface area contributed by atoms with E-state index in [1.54, 1.807) is 11.3 Å². The third kappa shape index (κ3) is 5.83. The highest BCUT2D eigenvalue weighted by atomic mass is 32.1. The van der Waals surface area contributed by atoms with Gasteiger partial charge in [0.1, 0.15) is 0 Å². The van der Waals surface area contributed by atoms with E-state index in [9.17, 15) is 9.59 Å². The molecular weight excluding hydrogens is 727 g/mol. The lowest BCUT2D eigenvalue weighted by Crippen LogP contribution is -2.41. The van der Waals surface area contributed by atoms with Gasteiger partial charge in [0.05, 0.1) is 5.69 Å². The molecule has 1 aliphatic rings. The van der Waals surface area contributed by atoms with Gasteiger partial charge in [0, 0.05) is 55.5 Å². The molecule has 0 radical (unpaired) electrons. The SMILES string of the molecule is CC(C)c1cccc(C(C)C)c1N1C(=O)c2cccc3c(-c4ccc(-c5ccc(-c6ccc(-c7ccc(-c8ccccc8)s7)s6)s5)s4)ccc(c23)C1=O. The summed E-state index contributed by atoms with van der Waals surface area (Å²) in [6, 6.07) is 44.2. The van der Waals surface area contributed by atoms with Gasteiger partial charge in [-0.3, -0.25) is 9.59 Å². The second-order valence-corrected chi connectivity index (χ2v) is 18.3. The van der Waals surface area contributed by atoms with E-state index in [2.05, 4.69) is 113 Å². The molecule has 0 aliphatic carbocycles. The van der Waals surface area contributed by atoms with Crippen LogP contribution in [-0.2, 0) is 0 Å². The second kappa shape index (κ2) is 13.5. The molecule has 0 atom stereocenters. The third-order valence-corrected chi connectivity index (χ3v) is 15.0. The number of carbonyl (C=O) groups excluding carboxylic acids is 2. The largest absolute Gasteiger partial charge is 0.268 e. The van der Waals surface area contributed by atoms with Crippen molar-refractivity contribution >= 4 is 73.6 Å². The molecule has 3 nitrogen and oxygen atoms in total. The van der Waals surface area contributed by atoms with Crippen molar-refractivity contribution in [2.75, 3.05) is 4.90 Å². The van der Waals surface area contributed by atoms with Crippen LogP contribution < -0.4 is 4.90 Å². The molecule has 9 rings (SSSR count). The maximum atomic E-state index is 14.4. The number of amides is 2. The zero-order chi connectivity index (χ0) is 36.4. The molecule has 5 heterocycles. The van der Waals surface area contributed by atoms with Crippen LogP contribution in [0.1, 0.15) is 71.4 Å². The first-order chi connectivity index (χ1) is 25.8. The van der Waals surface area contributed by atoms with Crippen molar-refractivity contribution in [1.29, 1.82) is 0 Å². The molecule has 2 amide bonds. The Morgan fingerprint density at radius 1 is 0.415 bits per heavy atom. The maximum absolute atomic E-state index is 14.4. The average molecular weight is 762 g/mol. The number of nitrogens with zero attached hydrogens (tertiary/aromatic N) is 1. The first-order valence-electron chi connectivity index (χ1n) is 17.8. The highest BCUT2D eigenvalue weighted by Crippen LogP contribution is 2.47. The van der Waals surface area contributed by atoms with Crippen LogP contribution in [0, 0.1) is 0 Å². The smallest absolute Gasteiger partial charge is 0.266 e. The molecule has 7 heteroatoms. The van der Waals surface area contributed by atoms with Crippen LogP contribution in [-0.4, -0.2) is 11.8 Å². The lowest BCUT2D eigenvalue weighted by atomic mass is 9.87. The van der Waals surface area contributed by atoms with Crippen molar-refractivity contribution in [3.05, 3.63) is 150 Å². The van der Waals surface area contributed by atoms with Gasteiger partial charge in [-0.05, 0) is 100 Å². The quantitative estimate of drug-likeness (QED) is 0.145. The van der Waals surface area contributed by atoms with Gasteiger partial charge in [-0.1, -0.05) is 94.4 Å². The summed E-state index contributed by atoms with van der Waals surface area (Å²) < 4.78 is 0. The zero-order valence-electron chi connectivity index (χ0n) is 29.7. The lowest BCUT2D eigenvalue weighted by molar-refractivity contribution is 0.0893. The summed E-state index contributed by atoms with van der Waals surface area (Å²) in [6.45, 7) is 8.45. The van der Waals surface area contributed by atoms with Crippen LogP contribution in [0.3, 0.4) is 0 Å². The molecule has 1 aliphatic heterocycles. The summed E-state index contributed by atoms with van der Waals surface area (Å²) in [7, 11) is 0. The van der Waals surface area contributed by atoms with Gasteiger partial charge in [0.25, 0.3) is 11.8 Å². The molecule has 4 aromatic carbocycles. The van der Waals surface area contributed by atoms with Gasteiger partial charge in [-0.15, -0.1) is 45.3 Å². The van der Waals surface area contributed by atoms with Crippen molar-refractivity contribution in [2.24, 2.45) is 0 Å². The van der Waals surface area contributed by atoms with Crippen molar-refractivity contribution in [2.45, 2.75) is 39.5 Å². The number of rotatable bonds is 8. The summed E-state index contributed by atoms with van der Waals surface area (Å²) in [5.74, 6) is -0.214. The number of para-hydroxylation sites is 1. The molecule has 0 fully saturated rings. The molecule has 0 unspecified atom stereocenters. The Labute approximate surface area is 325 Å². The number of hydrogen-bond donors (Lipinski definition) is 0. The molecule has 8 aromatic rings. The van der Waals surface area contributed by atoms with Gasteiger partial charge < -0.3 is 0 Å². The minimum absolute atomic E-state index is 0.152. The minimum atomic E-state index is -0.259. The zero-order valence-corrected chi connectivity index (χ0v) is 32.9. The van der Waals surface area contributed by atoms with E-state index in [0.29, 0.717) is 11.1 Å². The summed E-state index contributed by atoms with van der Waals surface area (Å²) in [5.41, 5.74) is 6.18. The number of carbonyl (C=O) groups is 2. The van der Waals surface area contributed by atoms with Crippen molar-refractivity contribution < 1.29 is 9.59 Å². The Balaban J connectivity index is 1.02. The van der Waals surface area contributed by atoms with Crippen molar-refractivity contribution in [1.82, 2.24) is 0 Å². The normalized spacial score (nSPS) is 12.9. The molecule has 260 valence electrons. The lowest BCUT2D eigenvalue weighted by Gasteiger charge is -2.32. The van der Waals surface area contributed by atoms with Gasteiger partial charge >= 0.3 is 0 Å². The summed E-state index contributed by atoms with van der Waals surface area (Å²) >= 11 is 7.24. The average Bonchev–Trinajstić information content (AvgIpc) is 4.01. The third-order valence-electron chi connectivity index (χ3n) is 9.95. The summed E-state index contributed by atoms with van der Waals surface area (Å²) in [4.78, 5) is 40.1. The fourth-order valence-electron chi connectivity index (χ4n) is 7.33. The predicted molar refractivity (Wildman–Crippen MR) is 228 cm³/mol. The first kappa shape index (κ1) is 33.9. The summed E-state index contributed by atoms with van der Waals surface area (Å²) in [5, 5.41) is 1.67. The second-order valence-electron chi connectivity index (χ2n) is 14.0. The van der Waals surface area contributed by atoms with Gasteiger partial charge in [0.15, 0.2) is 0 Å². The Hall–Kier alpha value is -4.92. The Bertz CT molecular complexity index is 2640. The highest BCUT2D eigenvalue weighted by molar-refractivity contribution is 7.29. The molecule has 0 N–H and O–H groups in total. The topological polar surface area (TPSA) is 37.4 Å². The van der Waals surface area contributed by atoms with E-state index >= 15 is 0 Å². The van der Waals surface area contributed by atoms with Gasteiger partial charge in [-0.2, -0.15) is 0 Å². The van der Waals surface area contributed by atoms with E-state index in [1.165, 1.54) is 44.6 Å². The number of anilines is 1. The number of thiophene rings is 4. The van der Waals surface area contributed by atoms with E-state index in [-0.39, 0.29) is 23.7 Å². The van der Waals surface area contributed by atoms with Crippen LogP contribution in [0.25, 0.3) is 60.9 Å². The Kier molecular flexibility index (Phi) is 8.63. The van der Waals surface area contributed by atoms with E-state index in [1.807, 2.05) is 76.5 Å². The monoisotopic (exact) mass is 761 g/mol. The van der Waals surface area contributed by atoms with Crippen LogP contribution in [0.5, 0.6) is 0 Å². The van der Waals surface area contributed by atoms with E-state index < -0.39 is 0 Å². The number of imide groups is 1. The van der Waals surface area contributed by atoms with E-state index in [4.69, 9.17) is 0 Å². The van der Waals surface area contributed by atoms with Crippen LogP contribution in [0.2, 0.25) is 0 Å². The Morgan fingerprint density at radius 3 is 1.40 bits per heavy atom. The molecule has 0 spiro atoms. The molecule has 0 saturated heterocycles. The number of hydrogen-bond acceptors (Lipinski definition) is 6. The minimum Gasteiger partial charge on any atom is -0.268 e. The van der Waals surface area contributed by atoms with Gasteiger partial charge in [-0.25, -0.2) is 4.90 Å². The predicted octanol–water partition coefficient (Wildman–Crippen LogP) is 14.5. The van der Waals surface area contributed by atoms with Crippen LogP contribution in [0.15, 0.2) is 127 Å². The highest BCUT2D eigenvalue weighted by Gasteiger charge is 2.37. The fourth-order valence-corrected chi connectivity index (χ4v) is 11.7. The van der Waals surface area contributed by atoms with E-state index in [0.717, 1.165) is 38.0 Å². The first-order valence-corrected chi connectivity index (χ1v) is 21.1. The molecule has 0 bridgehead atoms. The summed E-state index contributed by atoms with van der Waals surface area (Å²) in [6.07, 6.45) is 0. The molecule has 4 aromatic heterocycles. The molecule has 0 saturated carbocycles. The maximum Gasteiger partial charge on any atom is 0.266 e. The Morgan fingerprint density at radius 2 is 0.849 bits per heavy atom. The van der Waals surface area contributed by atoms with Gasteiger partial charge in [0.2, 0.25) is 0 Å². The van der Waals surface area contributed by atoms with Crippen molar-refractivity contribution in [3.63, 3.8) is 0 Å². The molecular formula is C46H35NO2S4. The van der Waals surface area contributed by atoms with Crippen molar-refractivity contribution in [3.8, 4) is 50.1 Å². The van der Waals surface area contributed by atoms with Crippen LogP contribution >= 0.6 is 45.3 Å². The standard InChI is InChI=1S/C46H35NO2S4/c1-26(2)29-12-8-13-30(27(3)4)44(29)47-45(48)33-15-9-14-32-31(16-17-34(43(32)33)46(47)49)36-19-21-38(51-36)40-23-25-42(53-40)41-24-22-39(52-41)37-20-18-35(50-37)28-10-6-5-7-11-28/h5-27H,1-4H3. The fraction of sp³-hybridized carbons (Fsp3) is 0.130. The number of benzene rings is 4. The molecule has 53 heavy (non-hydrogen) atoms. The van der Waals surface area contributed by atoms with Crippen LogP contribution in [0.4, 0.5) is 5.69 Å².